The summed E-state index contributed by atoms with van der Waals surface area (Å²) in [5, 5.41) is 8.48. The first-order chi connectivity index (χ1) is 17.8. The van der Waals surface area contributed by atoms with Gasteiger partial charge < -0.3 is 14.9 Å². The van der Waals surface area contributed by atoms with Crippen LogP contribution in [0.4, 0.5) is 5.82 Å². The molecule has 4 nitrogen and oxygen atoms in total. The fourth-order valence-corrected chi connectivity index (χ4v) is 5.34. The van der Waals surface area contributed by atoms with Gasteiger partial charge in [-0.05, 0) is 29.5 Å². The molecule has 1 aliphatic rings. The lowest BCUT2D eigenvalue weighted by atomic mass is 9.95. The van der Waals surface area contributed by atoms with E-state index in [1.165, 1.54) is 43.9 Å². The zero-order valence-electron chi connectivity index (χ0n) is 21.0. The number of aromatic nitrogens is 1. The Balaban J connectivity index is 1.71. The van der Waals surface area contributed by atoms with Crippen molar-refractivity contribution in [3.8, 4) is 22.4 Å². The van der Waals surface area contributed by atoms with Gasteiger partial charge in [0, 0.05) is 37.0 Å². The van der Waals surface area contributed by atoms with E-state index in [0.29, 0.717) is 12.6 Å². The highest BCUT2D eigenvalue weighted by atomic mass is 15.2. The molecule has 0 bridgehead atoms. The highest BCUT2D eigenvalue weighted by molar-refractivity contribution is 6.02. The van der Waals surface area contributed by atoms with E-state index in [9.17, 15) is 0 Å². The molecule has 36 heavy (non-hydrogen) atoms. The van der Waals surface area contributed by atoms with Crippen LogP contribution >= 0.6 is 0 Å². The van der Waals surface area contributed by atoms with Crippen molar-refractivity contribution < 1.29 is 0 Å². The van der Waals surface area contributed by atoms with E-state index in [0.717, 1.165) is 33.8 Å². The zero-order chi connectivity index (χ0) is 24.7. The van der Waals surface area contributed by atoms with Crippen molar-refractivity contribution in [1.82, 2.24) is 9.47 Å². The average molecular weight is 475 g/mol. The number of nitrogens with one attached hydrogen (secondary N) is 1. The number of hydrogen-bond donors (Lipinski definition) is 1. The van der Waals surface area contributed by atoms with Crippen LogP contribution in [0, 0.1) is 5.41 Å². The molecule has 1 aromatic heterocycles. The zero-order valence-corrected chi connectivity index (χ0v) is 21.0. The molecule has 1 fully saturated rings. The summed E-state index contributed by atoms with van der Waals surface area (Å²) < 4.78 is 2.29. The van der Waals surface area contributed by atoms with Gasteiger partial charge in [0.05, 0.1) is 12.0 Å². The van der Waals surface area contributed by atoms with Gasteiger partial charge in [-0.3, -0.25) is 0 Å². The molecule has 1 heterocycles. The molecule has 0 spiro atoms. The Hall–Kier alpha value is -3.92. The molecular formula is C32H34N4. The molecule has 0 unspecified atom stereocenters. The van der Waals surface area contributed by atoms with Crippen molar-refractivity contribution >= 4 is 18.4 Å². The summed E-state index contributed by atoms with van der Waals surface area (Å²) in [6.45, 7) is 0.679. The number of aliphatic imine (C=N–C) groups is 1. The smallest absolute Gasteiger partial charge is 0.144 e. The fraction of sp³-hybridized carbons (Fsp3) is 0.250. The van der Waals surface area contributed by atoms with Crippen LogP contribution in [0.15, 0.2) is 96.0 Å². The molecule has 3 aromatic carbocycles. The van der Waals surface area contributed by atoms with E-state index in [2.05, 4.69) is 89.3 Å². The Bertz CT molecular complexity index is 1300. The number of benzene rings is 3. The van der Waals surface area contributed by atoms with Crippen LogP contribution in [0.1, 0.15) is 43.2 Å². The maximum atomic E-state index is 8.48. The van der Waals surface area contributed by atoms with Gasteiger partial charge in [0.25, 0.3) is 0 Å². The number of hydrogen-bond acceptors (Lipinski definition) is 2. The van der Waals surface area contributed by atoms with Crippen LogP contribution in [0.25, 0.3) is 22.4 Å². The predicted molar refractivity (Wildman–Crippen MR) is 152 cm³/mol. The summed E-state index contributed by atoms with van der Waals surface area (Å²) in [6, 6.07) is 32.0. The molecular weight excluding hydrogens is 440 g/mol. The molecule has 0 atom stereocenters. The van der Waals surface area contributed by atoms with Gasteiger partial charge in [-0.2, -0.15) is 0 Å². The Morgan fingerprint density at radius 3 is 2.03 bits per heavy atom. The summed E-state index contributed by atoms with van der Waals surface area (Å²) >= 11 is 0. The number of rotatable bonds is 8. The summed E-state index contributed by atoms with van der Waals surface area (Å²) in [7, 11) is 2.14. The fourth-order valence-electron chi connectivity index (χ4n) is 5.34. The Morgan fingerprint density at radius 1 is 0.833 bits per heavy atom. The highest BCUT2D eigenvalue weighted by Crippen LogP contribution is 2.42. The minimum atomic E-state index is 0.533. The summed E-state index contributed by atoms with van der Waals surface area (Å²) in [4.78, 5) is 7.37. The van der Waals surface area contributed by atoms with Gasteiger partial charge in [0.1, 0.15) is 5.82 Å². The Labute approximate surface area is 214 Å². The lowest BCUT2D eigenvalue weighted by molar-refractivity contribution is 0.284. The Kier molecular flexibility index (Phi) is 7.41. The van der Waals surface area contributed by atoms with Crippen LogP contribution in [-0.2, 0) is 6.54 Å². The highest BCUT2D eigenvalue weighted by Gasteiger charge is 2.24. The third kappa shape index (κ3) is 5.03. The molecule has 0 saturated heterocycles. The van der Waals surface area contributed by atoms with E-state index in [-0.39, 0.29) is 0 Å². The predicted octanol–water partition coefficient (Wildman–Crippen LogP) is 7.79. The average Bonchev–Trinajstić information content (AvgIpc) is 3.26. The summed E-state index contributed by atoms with van der Waals surface area (Å²) in [6.07, 6.45) is 9.81. The van der Waals surface area contributed by atoms with Gasteiger partial charge >= 0.3 is 0 Å². The second-order valence-corrected chi connectivity index (χ2v) is 9.61. The van der Waals surface area contributed by atoms with Crippen molar-refractivity contribution in [1.29, 1.82) is 5.41 Å². The van der Waals surface area contributed by atoms with Gasteiger partial charge in [-0.15, -0.1) is 0 Å². The molecule has 0 aliphatic heterocycles. The van der Waals surface area contributed by atoms with Crippen molar-refractivity contribution in [2.24, 2.45) is 4.99 Å². The summed E-state index contributed by atoms with van der Waals surface area (Å²) in [5.41, 5.74) is 6.43. The molecule has 1 saturated carbocycles. The topological polar surface area (TPSA) is 44.4 Å². The third-order valence-corrected chi connectivity index (χ3v) is 7.22. The first-order valence-electron chi connectivity index (χ1n) is 12.9. The van der Waals surface area contributed by atoms with Crippen molar-refractivity contribution in [3.05, 3.63) is 102 Å². The van der Waals surface area contributed by atoms with Gasteiger partial charge in [0.15, 0.2) is 0 Å². The van der Waals surface area contributed by atoms with Crippen molar-refractivity contribution in [3.63, 3.8) is 0 Å². The second kappa shape index (κ2) is 11.2. The Morgan fingerprint density at radius 2 is 1.42 bits per heavy atom. The molecule has 182 valence electrons. The van der Waals surface area contributed by atoms with E-state index < -0.39 is 0 Å². The lowest BCUT2D eigenvalue weighted by Crippen LogP contribution is -2.32. The first kappa shape index (κ1) is 23.8. The van der Waals surface area contributed by atoms with Crippen LogP contribution in [0.2, 0.25) is 0 Å². The molecule has 4 heteroatoms. The third-order valence-electron chi connectivity index (χ3n) is 7.22. The van der Waals surface area contributed by atoms with E-state index in [1.54, 1.807) is 0 Å². The molecule has 4 aromatic rings. The standard InChI is InChI=1S/C32H34N4/c1-35(28-20-12-5-13-21-28)24-34-32-29(22-33)30(26-16-8-3-9-17-26)31(27-18-10-4-11-19-27)36(32)23-25-14-6-2-7-15-25/h2-4,6-11,14-19,22,24,28,33H,5,12-13,20-21,23H2,1H3. The van der Waals surface area contributed by atoms with Gasteiger partial charge in [-0.25, -0.2) is 4.99 Å². The second-order valence-electron chi connectivity index (χ2n) is 9.61. The van der Waals surface area contributed by atoms with E-state index in [1.807, 2.05) is 24.5 Å². The van der Waals surface area contributed by atoms with Crippen molar-refractivity contribution in [2.75, 3.05) is 7.05 Å². The molecule has 5 rings (SSSR count). The SMILES string of the molecule is CN(C=Nc1c(C=N)c(-c2ccccc2)c(-c2ccccc2)n1Cc1ccccc1)C1CCCCC1. The summed E-state index contributed by atoms with van der Waals surface area (Å²) in [5.74, 6) is 0.828. The lowest BCUT2D eigenvalue weighted by Gasteiger charge is -2.29. The van der Waals surface area contributed by atoms with E-state index >= 15 is 0 Å². The molecule has 0 radical (unpaired) electrons. The minimum Gasteiger partial charge on any atom is -0.363 e. The van der Waals surface area contributed by atoms with Crippen molar-refractivity contribution in [2.45, 2.75) is 44.7 Å². The largest absolute Gasteiger partial charge is 0.363 e. The number of nitrogens with zero attached hydrogens (tertiary/aromatic N) is 3. The maximum absolute atomic E-state index is 8.48. The van der Waals surface area contributed by atoms with Crippen LogP contribution in [0.3, 0.4) is 0 Å². The van der Waals surface area contributed by atoms with Gasteiger partial charge in [0.2, 0.25) is 0 Å². The first-order valence-corrected chi connectivity index (χ1v) is 12.9. The minimum absolute atomic E-state index is 0.533. The monoisotopic (exact) mass is 474 g/mol. The van der Waals surface area contributed by atoms with E-state index in [4.69, 9.17) is 10.4 Å². The maximum Gasteiger partial charge on any atom is 0.144 e. The van der Waals surface area contributed by atoms with Crippen LogP contribution in [0.5, 0.6) is 0 Å². The van der Waals surface area contributed by atoms with Crippen LogP contribution in [-0.4, -0.2) is 35.1 Å². The molecule has 0 amide bonds. The molecule has 1 N–H and O–H groups in total. The normalized spacial score (nSPS) is 14.2. The van der Waals surface area contributed by atoms with Crippen LogP contribution < -0.4 is 0 Å². The quantitative estimate of drug-likeness (QED) is 0.205. The molecule has 1 aliphatic carbocycles. The van der Waals surface area contributed by atoms with Gasteiger partial charge in [-0.1, -0.05) is 110 Å².